The van der Waals surface area contributed by atoms with Gasteiger partial charge in [-0.15, -0.1) is 0 Å². The van der Waals surface area contributed by atoms with E-state index in [0.717, 1.165) is 0 Å². The number of nitrogens with zero attached hydrogens (tertiary/aromatic N) is 1. The molecule has 0 aromatic carbocycles. The maximum absolute atomic E-state index is 11.3. The fourth-order valence-electron chi connectivity index (χ4n) is 1.45. The van der Waals surface area contributed by atoms with Crippen LogP contribution in [0.15, 0.2) is 15.7 Å². The van der Waals surface area contributed by atoms with Crippen LogP contribution in [-0.4, -0.2) is 15.5 Å². The Kier molecular flexibility index (Phi) is 1.95. The number of anilines is 1. The first-order valence-corrected chi connectivity index (χ1v) is 4.31. The molecule has 1 amide bonds. The van der Waals surface area contributed by atoms with E-state index in [9.17, 15) is 14.4 Å². The van der Waals surface area contributed by atoms with Crippen LogP contribution in [0.1, 0.15) is 12.8 Å². The van der Waals surface area contributed by atoms with Crippen molar-refractivity contribution in [1.29, 1.82) is 0 Å². The molecular weight excluding hydrogens is 186 g/mol. The molecule has 2 rings (SSSR count). The first-order chi connectivity index (χ1) is 6.66. The molecule has 2 heterocycles. The fourth-order valence-corrected chi connectivity index (χ4v) is 1.45. The van der Waals surface area contributed by atoms with E-state index in [0.29, 0.717) is 19.4 Å². The van der Waals surface area contributed by atoms with Crippen LogP contribution in [0, 0.1) is 0 Å². The Morgan fingerprint density at radius 2 is 2.07 bits per heavy atom. The number of carbonyl (C=O) groups is 1. The van der Waals surface area contributed by atoms with Gasteiger partial charge in [-0.05, 0) is 6.42 Å². The van der Waals surface area contributed by atoms with Crippen LogP contribution in [-0.2, 0) is 11.3 Å². The van der Waals surface area contributed by atoms with Gasteiger partial charge in [-0.1, -0.05) is 0 Å². The quantitative estimate of drug-likeness (QED) is 0.572. The van der Waals surface area contributed by atoms with Crippen LogP contribution < -0.4 is 16.6 Å². The third kappa shape index (κ3) is 1.46. The number of fused-ring (bicyclic) bond motifs is 1. The van der Waals surface area contributed by atoms with Gasteiger partial charge in [-0.25, -0.2) is 4.79 Å². The topological polar surface area (TPSA) is 84.0 Å². The number of nitrogens with one attached hydrogen (secondary N) is 2. The molecule has 6 nitrogen and oxygen atoms in total. The van der Waals surface area contributed by atoms with Gasteiger partial charge in [0.1, 0.15) is 5.82 Å². The monoisotopic (exact) mass is 195 g/mol. The third-order valence-electron chi connectivity index (χ3n) is 2.09. The number of carbonyl (C=O) groups excluding carboxylic acids is 1. The summed E-state index contributed by atoms with van der Waals surface area (Å²) in [5, 5.41) is 2.51. The number of aromatic nitrogens is 2. The minimum absolute atomic E-state index is 0.166. The van der Waals surface area contributed by atoms with Gasteiger partial charge in [0, 0.05) is 19.0 Å². The minimum atomic E-state index is -0.497. The van der Waals surface area contributed by atoms with Crippen LogP contribution in [0.5, 0.6) is 0 Å². The normalized spacial score (nSPS) is 15.6. The lowest BCUT2D eigenvalue weighted by atomic mass is 10.3. The van der Waals surface area contributed by atoms with Crippen molar-refractivity contribution in [2.75, 3.05) is 5.32 Å². The molecule has 1 aliphatic heterocycles. The average molecular weight is 195 g/mol. The number of hydrogen-bond acceptors (Lipinski definition) is 3. The summed E-state index contributed by atoms with van der Waals surface area (Å²) in [6.45, 7) is 0.448. The van der Waals surface area contributed by atoms with E-state index in [-0.39, 0.29) is 11.7 Å². The van der Waals surface area contributed by atoms with Crippen molar-refractivity contribution in [2.45, 2.75) is 19.4 Å². The summed E-state index contributed by atoms with van der Waals surface area (Å²) in [6, 6.07) is 1.21. The molecule has 0 bridgehead atoms. The molecule has 0 unspecified atom stereocenters. The highest BCUT2D eigenvalue weighted by Crippen LogP contribution is 2.08. The van der Waals surface area contributed by atoms with E-state index < -0.39 is 11.2 Å². The molecule has 0 fully saturated rings. The molecule has 0 saturated carbocycles. The second-order valence-corrected chi connectivity index (χ2v) is 3.13. The van der Waals surface area contributed by atoms with Gasteiger partial charge in [-0.3, -0.25) is 19.1 Å². The van der Waals surface area contributed by atoms with Crippen molar-refractivity contribution < 1.29 is 4.79 Å². The molecule has 1 aliphatic rings. The smallest absolute Gasteiger partial charge is 0.312 e. The Morgan fingerprint density at radius 3 is 2.86 bits per heavy atom. The van der Waals surface area contributed by atoms with E-state index in [2.05, 4.69) is 10.3 Å². The number of amides is 1. The maximum atomic E-state index is 11.3. The number of rotatable bonds is 0. The Balaban J connectivity index is 2.61. The average Bonchev–Trinajstić information content (AvgIpc) is 2.25. The Morgan fingerprint density at radius 1 is 1.29 bits per heavy atom. The standard InChI is InChI=1S/C8H9N3O3/c12-6-2-1-3-11-5(9-6)4-7(13)10-8(11)14/h4H,1-3H2,(H,9,12)(H,10,13,14). The van der Waals surface area contributed by atoms with Crippen LogP contribution >= 0.6 is 0 Å². The zero-order chi connectivity index (χ0) is 10.1. The predicted molar refractivity (Wildman–Crippen MR) is 49.2 cm³/mol. The first-order valence-electron chi connectivity index (χ1n) is 4.31. The molecule has 2 N–H and O–H groups in total. The summed E-state index contributed by atoms with van der Waals surface area (Å²) in [7, 11) is 0. The highest BCUT2D eigenvalue weighted by molar-refractivity contribution is 5.90. The first kappa shape index (κ1) is 8.74. The van der Waals surface area contributed by atoms with Gasteiger partial charge in [0.05, 0.1) is 0 Å². The van der Waals surface area contributed by atoms with Crippen molar-refractivity contribution >= 4 is 11.7 Å². The molecule has 0 saturated heterocycles. The fraction of sp³-hybridized carbons (Fsp3) is 0.375. The molecule has 14 heavy (non-hydrogen) atoms. The Bertz CT molecular complexity index is 485. The molecular formula is C8H9N3O3. The molecule has 1 aromatic heterocycles. The zero-order valence-electron chi connectivity index (χ0n) is 7.37. The number of hydrogen-bond donors (Lipinski definition) is 2. The minimum Gasteiger partial charge on any atom is -0.312 e. The molecule has 0 radical (unpaired) electrons. The number of H-pyrrole nitrogens is 1. The molecule has 0 atom stereocenters. The Labute approximate surface area is 78.6 Å². The van der Waals surface area contributed by atoms with Crippen molar-refractivity contribution in [2.24, 2.45) is 0 Å². The lowest BCUT2D eigenvalue weighted by molar-refractivity contribution is -0.116. The summed E-state index contributed by atoms with van der Waals surface area (Å²) in [4.78, 5) is 35.5. The van der Waals surface area contributed by atoms with E-state index >= 15 is 0 Å². The largest absolute Gasteiger partial charge is 0.329 e. The van der Waals surface area contributed by atoms with Gasteiger partial charge in [-0.2, -0.15) is 0 Å². The second kappa shape index (κ2) is 3.13. The third-order valence-corrected chi connectivity index (χ3v) is 2.09. The number of aromatic amines is 1. The lowest BCUT2D eigenvalue weighted by Crippen LogP contribution is -2.31. The van der Waals surface area contributed by atoms with E-state index in [1.165, 1.54) is 10.6 Å². The van der Waals surface area contributed by atoms with E-state index in [4.69, 9.17) is 0 Å². The van der Waals surface area contributed by atoms with E-state index in [1.807, 2.05) is 0 Å². The highest BCUT2D eigenvalue weighted by Gasteiger charge is 2.13. The maximum Gasteiger partial charge on any atom is 0.329 e. The lowest BCUT2D eigenvalue weighted by Gasteiger charge is -2.06. The van der Waals surface area contributed by atoms with Crippen molar-refractivity contribution in [1.82, 2.24) is 9.55 Å². The van der Waals surface area contributed by atoms with Gasteiger partial charge >= 0.3 is 5.69 Å². The van der Waals surface area contributed by atoms with Crippen LogP contribution in [0.2, 0.25) is 0 Å². The summed E-state index contributed by atoms with van der Waals surface area (Å²) >= 11 is 0. The zero-order valence-corrected chi connectivity index (χ0v) is 7.37. The van der Waals surface area contributed by atoms with Crippen LogP contribution in [0.25, 0.3) is 0 Å². The molecule has 0 aliphatic carbocycles. The summed E-state index contributed by atoms with van der Waals surface area (Å²) in [6.07, 6.45) is 0.972. The summed E-state index contributed by atoms with van der Waals surface area (Å²) in [5.41, 5.74) is -0.974. The van der Waals surface area contributed by atoms with Crippen molar-refractivity contribution in [3.8, 4) is 0 Å². The molecule has 6 heteroatoms. The highest BCUT2D eigenvalue weighted by atomic mass is 16.2. The predicted octanol–water partition coefficient (Wildman–Crippen LogP) is -0.731. The SMILES string of the molecule is O=C1CCCn2c(cc(=O)[nH]c2=O)N1. The van der Waals surface area contributed by atoms with Crippen molar-refractivity contribution in [3.63, 3.8) is 0 Å². The summed E-state index contributed by atoms with van der Waals surface area (Å²) < 4.78 is 1.35. The second-order valence-electron chi connectivity index (χ2n) is 3.13. The van der Waals surface area contributed by atoms with Gasteiger partial charge in [0.2, 0.25) is 5.91 Å². The Hall–Kier alpha value is -1.85. The van der Waals surface area contributed by atoms with Crippen molar-refractivity contribution in [3.05, 3.63) is 26.9 Å². The van der Waals surface area contributed by atoms with Gasteiger partial charge in [0.25, 0.3) is 5.56 Å². The van der Waals surface area contributed by atoms with Gasteiger partial charge < -0.3 is 5.32 Å². The van der Waals surface area contributed by atoms with Crippen LogP contribution in [0.4, 0.5) is 5.82 Å². The molecule has 0 spiro atoms. The van der Waals surface area contributed by atoms with E-state index in [1.54, 1.807) is 0 Å². The summed E-state index contributed by atoms with van der Waals surface area (Å²) in [5.74, 6) is 0.113. The molecule has 1 aromatic rings. The molecule has 74 valence electrons. The van der Waals surface area contributed by atoms with Crippen LogP contribution in [0.3, 0.4) is 0 Å². The van der Waals surface area contributed by atoms with Gasteiger partial charge in [0.15, 0.2) is 0 Å².